The van der Waals surface area contributed by atoms with Crippen LogP contribution >= 0.6 is 15.9 Å². The van der Waals surface area contributed by atoms with Gasteiger partial charge < -0.3 is 4.90 Å². The van der Waals surface area contributed by atoms with Gasteiger partial charge >= 0.3 is 5.69 Å². The van der Waals surface area contributed by atoms with Crippen molar-refractivity contribution in [2.45, 2.75) is 13.0 Å². The number of anilines is 1. The molecule has 0 radical (unpaired) electrons. The molecule has 0 spiro atoms. The lowest BCUT2D eigenvalue weighted by Crippen LogP contribution is -2.38. The van der Waals surface area contributed by atoms with Gasteiger partial charge in [-0.1, -0.05) is 18.2 Å². The normalized spacial score (nSPS) is 10.8. The summed E-state index contributed by atoms with van der Waals surface area (Å²) in [6.07, 6.45) is 0.172. The number of fused-ring (bicyclic) bond motifs is 1. The van der Waals surface area contributed by atoms with Crippen molar-refractivity contribution in [3.8, 4) is 6.07 Å². The molecule has 10 heteroatoms. The molecule has 0 aliphatic rings. The topological polar surface area (TPSA) is 106 Å². The lowest BCUT2D eigenvalue weighted by atomic mass is 10.2. The molecule has 2 aromatic heterocycles. The van der Waals surface area contributed by atoms with E-state index in [9.17, 15) is 14.4 Å². The monoisotopic (exact) mass is 444 g/mol. The standard InChI is InChI=1S/C18H17BrN6O3/c1-22-15-14(16(27)23(2)18(22)28)21-17(19)25(15)11-13(26)24(10-6-9-20)12-7-4-3-5-8-12/h3-5,7-8H,6,10-11H2,1-2H3. The van der Waals surface area contributed by atoms with Crippen LogP contribution in [0.5, 0.6) is 0 Å². The lowest BCUT2D eigenvalue weighted by Gasteiger charge is -2.22. The minimum absolute atomic E-state index is 0.0903. The molecule has 0 unspecified atom stereocenters. The first-order chi connectivity index (χ1) is 13.4. The molecule has 0 aliphatic heterocycles. The highest BCUT2D eigenvalue weighted by atomic mass is 79.9. The number of para-hydroxylation sites is 1. The number of hydrogen-bond donors (Lipinski definition) is 0. The molecule has 0 aliphatic carbocycles. The maximum absolute atomic E-state index is 13.0. The number of carbonyl (C=O) groups excluding carboxylic acids is 1. The summed E-state index contributed by atoms with van der Waals surface area (Å²) in [6, 6.07) is 11.0. The highest BCUT2D eigenvalue weighted by molar-refractivity contribution is 9.10. The second kappa shape index (κ2) is 7.82. The number of nitrogens with zero attached hydrogens (tertiary/aromatic N) is 6. The van der Waals surface area contributed by atoms with Gasteiger partial charge in [0.15, 0.2) is 15.9 Å². The molecule has 0 atom stereocenters. The number of hydrogen-bond acceptors (Lipinski definition) is 5. The van der Waals surface area contributed by atoms with Crippen molar-refractivity contribution in [3.05, 3.63) is 55.9 Å². The Hall–Kier alpha value is -3.19. The molecule has 0 saturated heterocycles. The Labute approximate surface area is 168 Å². The quantitative estimate of drug-likeness (QED) is 0.548. The van der Waals surface area contributed by atoms with Crippen molar-refractivity contribution in [2.75, 3.05) is 11.4 Å². The van der Waals surface area contributed by atoms with E-state index in [1.807, 2.05) is 12.1 Å². The van der Waals surface area contributed by atoms with Crippen molar-refractivity contribution in [1.29, 1.82) is 5.26 Å². The van der Waals surface area contributed by atoms with E-state index in [-0.39, 0.29) is 41.3 Å². The zero-order valence-corrected chi connectivity index (χ0v) is 16.9. The summed E-state index contributed by atoms with van der Waals surface area (Å²) in [5.74, 6) is -0.297. The summed E-state index contributed by atoms with van der Waals surface area (Å²) >= 11 is 3.28. The van der Waals surface area contributed by atoms with Crippen LogP contribution in [0.4, 0.5) is 5.69 Å². The summed E-state index contributed by atoms with van der Waals surface area (Å²) in [5.41, 5.74) is -0.0420. The van der Waals surface area contributed by atoms with E-state index in [0.29, 0.717) is 5.69 Å². The first-order valence-corrected chi connectivity index (χ1v) is 9.20. The molecular formula is C18H17BrN6O3. The van der Waals surface area contributed by atoms with Gasteiger partial charge in [-0.2, -0.15) is 5.26 Å². The van der Waals surface area contributed by atoms with Gasteiger partial charge in [0, 0.05) is 26.3 Å². The van der Waals surface area contributed by atoms with E-state index in [1.54, 1.807) is 24.3 Å². The Bertz CT molecular complexity index is 1200. The van der Waals surface area contributed by atoms with E-state index in [0.717, 1.165) is 4.57 Å². The molecule has 0 bridgehead atoms. The molecule has 3 aromatic rings. The first kappa shape index (κ1) is 19.6. The summed E-state index contributed by atoms with van der Waals surface area (Å²) in [6.45, 7) is 0.0716. The summed E-state index contributed by atoms with van der Waals surface area (Å²) in [7, 11) is 2.89. The molecule has 0 N–H and O–H groups in total. The second-order valence-electron chi connectivity index (χ2n) is 6.13. The van der Waals surface area contributed by atoms with Crippen molar-refractivity contribution < 1.29 is 4.79 Å². The van der Waals surface area contributed by atoms with Crippen molar-refractivity contribution in [3.63, 3.8) is 0 Å². The van der Waals surface area contributed by atoms with Crippen LogP contribution in [0.3, 0.4) is 0 Å². The molecular weight excluding hydrogens is 428 g/mol. The van der Waals surface area contributed by atoms with Gasteiger partial charge in [0.2, 0.25) is 5.91 Å². The average Bonchev–Trinajstić information content (AvgIpc) is 3.02. The molecule has 144 valence electrons. The van der Waals surface area contributed by atoms with Gasteiger partial charge in [-0.15, -0.1) is 0 Å². The number of benzene rings is 1. The van der Waals surface area contributed by atoms with E-state index >= 15 is 0 Å². The smallest absolute Gasteiger partial charge is 0.310 e. The van der Waals surface area contributed by atoms with E-state index < -0.39 is 11.2 Å². The molecule has 0 saturated carbocycles. The fraction of sp³-hybridized carbons (Fsp3) is 0.278. The van der Waals surface area contributed by atoms with Crippen LogP contribution in [0.15, 0.2) is 44.7 Å². The zero-order chi connectivity index (χ0) is 20.4. The summed E-state index contributed by atoms with van der Waals surface area (Å²) < 4.78 is 3.99. The van der Waals surface area contributed by atoms with Crippen LogP contribution < -0.4 is 16.1 Å². The van der Waals surface area contributed by atoms with Crippen molar-refractivity contribution in [2.24, 2.45) is 14.1 Å². The molecule has 28 heavy (non-hydrogen) atoms. The van der Waals surface area contributed by atoms with Crippen molar-refractivity contribution in [1.82, 2.24) is 18.7 Å². The number of carbonyl (C=O) groups is 1. The van der Waals surface area contributed by atoms with Crippen molar-refractivity contribution >= 4 is 38.7 Å². The van der Waals surface area contributed by atoms with Crippen LogP contribution in [-0.4, -0.2) is 31.1 Å². The minimum atomic E-state index is -0.533. The number of rotatable bonds is 5. The van der Waals surface area contributed by atoms with Gasteiger partial charge in [0.25, 0.3) is 5.56 Å². The largest absolute Gasteiger partial charge is 0.332 e. The van der Waals surface area contributed by atoms with E-state index in [4.69, 9.17) is 5.26 Å². The van der Waals surface area contributed by atoms with Gasteiger partial charge in [0.05, 0.1) is 12.5 Å². The van der Waals surface area contributed by atoms with Gasteiger partial charge in [-0.05, 0) is 28.1 Å². The van der Waals surface area contributed by atoms with Crippen LogP contribution in [0.1, 0.15) is 6.42 Å². The highest BCUT2D eigenvalue weighted by Crippen LogP contribution is 2.19. The Kier molecular flexibility index (Phi) is 5.46. The Balaban J connectivity index is 2.07. The van der Waals surface area contributed by atoms with Gasteiger partial charge in [0.1, 0.15) is 6.54 Å². The molecule has 1 amide bonds. The zero-order valence-electron chi connectivity index (χ0n) is 15.3. The minimum Gasteiger partial charge on any atom is -0.310 e. The molecule has 9 nitrogen and oxygen atoms in total. The number of amides is 1. The highest BCUT2D eigenvalue weighted by Gasteiger charge is 2.22. The van der Waals surface area contributed by atoms with Gasteiger partial charge in [-0.3, -0.25) is 23.3 Å². The number of halogens is 1. The van der Waals surface area contributed by atoms with Gasteiger partial charge in [-0.25, -0.2) is 9.78 Å². The number of nitriles is 1. The lowest BCUT2D eigenvalue weighted by molar-refractivity contribution is -0.119. The second-order valence-corrected chi connectivity index (χ2v) is 6.84. The molecule has 1 aromatic carbocycles. The molecule has 0 fully saturated rings. The Morgan fingerprint density at radius 2 is 1.89 bits per heavy atom. The van der Waals surface area contributed by atoms with Crippen LogP contribution in [-0.2, 0) is 25.4 Å². The molecule has 2 heterocycles. The van der Waals surface area contributed by atoms with Crippen LogP contribution in [0, 0.1) is 11.3 Å². The maximum atomic E-state index is 13.0. The predicted octanol–water partition coefficient (Wildman–Crippen LogP) is 1.14. The predicted molar refractivity (Wildman–Crippen MR) is 107 cm³/mol. The fourth-order valence-corrected chi connectivity index (χ4v) is 3.46. The van der Waals surface area contributed by atoms with E-state index in [1.165, 1.54) is 28.1 Å². The van der Waals surface area contributed by atoms with Crippen LogP contribution in [0.25, 0.3) is 11.2 Å². The fourth-order valence-electron chi connectivity index (χ4n) is 2.99. The number of imidazole rings is 1. The third-order valence-electron chi connectivity index (χ3n) is 4.40. The number of aromatic nitrogens is 4. The SMILES string of the molecule is Cn1c(=O)c2nc(Br)n(CC(=O)N(CCC#N)c3ccccc3)c2n(C)c1=O. The third-order valence-corrected chi connectivity index (χ3v) is 5.01. The molecule has 3 rings (SSSR count). The number of aryl methyl sites for hydroxylation is 1. The average molecular weight is 445 g/mol. The third kappa shape index (κ3) is 3.36. The summed E-state index contributed by atoms with van der Waals surface area (Å²) in [4.78, 5) is 43.4. The first-order valence-electron chi connectivity index (χ1n) is 8.41. The Morgan fingerprint density at radius 1 is 1.21 bits per heavy atom. The van der Waals surface area contributed by atoms with Crippen LogP contribution in [0.2, 0.25) is 0 Å². The Morgan fingerprint density at radius 3 is 2.54 bits per heavy atom. The van der Waals surface area contributed by atoms with E-state index in [2.05, 4.69) is 20.9 Å². The summed E-state index contributed by atoms with van der Waals surface area (Å²) in [5, 5.41) is 8.92. The maximum Gasteiger partial charge on any atom is 0.332 e.